The minimum atomic E-state index is -0.534. The van der Waals surface area contributed by atoms with Gasteiger partial charge in [-0.3, -0.25) is 0 Å². The van der Waals surface area contributed by atoms with E-state index in [1.165, 1.54) is 0 Å². The van der Waals surface area contributed by atoms with E-state index in [-0.39, 0.29) is 0 Å². The molecule has 0 fully saturated rings. The molecule has 0 aliphatic rings. The number of aryl methyl sites for hydroxylation is 1. The Bertz CT molecular complexity index is 280. The molecule has 1 aromatic rings. The first-order valence-electron chi connectivity index (χ1n) is 3.98. The molecule has 1 heterocycles. The molecule has 2 heteroatoms. The first-order valence-corrected chi connectivity index (χ1v) is 3.98. The lowest BCUT2D eigenvalue weighted by Crippen LogP contribution is -1.93. The fourth-order valence-electron chi connectivity index (χ4n) is 1.11. The average Bonchev–Trinajstić information content (AvgIpc) is 2.33. The SMILES string of the molecule is CC(C)=CC(O)c1ccoc1C. The molecule has 0 bridgehead atoms. The average molecular weight is 166 g/mol. The number of hydrogen-bond acceptors (Lipinski definition) is 2. The highest BCUT2D eigenvalue weighted by atomic mass is 16.3. The standard InChI is InChI=1S/C10H14O2/c1-7(2)6-10(11)9-4-5-12-8(9)3/h4-6,10-11H,1-3H3. The van der Waals surface area contributed by atoms with Crippen LogP contribution in [0.1, 0.15) is 31.3 Å². The van der Waals surface area contributed by atoms with Crippen LogP contribution >= 0.6 is 0 Å². The first-order chi connectivity index (χ1) is 5.61. The van der Waals surface area contributed by atoms with Crippen LogP contribution in [0.2, 0.25) is 0 Å². The summed E-state index contributed by atoms with van der Waals surface area (Å²) in [5.41, 5.74) is 1.94. The van der Waals surface area contributed by atoms with Crippen LogP contribution in [0, 0.1) is 6.92 Å². The summed E-state index contributed by atoms with van der Waals surface area (Å²) >= 11 is 0. The largest absolute Gasteiger partial charge is 0.469 e. The quantitative estimate of drug-likeness (QED) is 0.685. The Kier molecular flexibility index (Phi) is 2.71. The molecule has 0 saturated carbocycles. The molecule has 2 nitrogen and oxygen atoms in total. The van der Waals surface area contributed by atoms with Crippen LogP contribution in [-0.2, 0) is 0 Å². The van der Waals surface area contributed by atoms with Gasteiger partial charge in [0.15, 0.2) is 0 Å². The van der Waals surface area contributed by atoms with Crippen LogP contribution in [0.3, 0.4) is 0 Å². The van der Waals surface area contributed by atoms with E-state index in [9.17, 15) is 5.11 Å². The number of furan rings is 1. The van der Waals surface area contributed by atoms with Gasteiger partial charge in [-0.2, -0.15) is 0 Å². The van der Waals surface area contributed by atoms with Crippen LogP contribution in [0.15, 0.2) is 28.4 Å². The van der Waals surface area contributed by atoms with Crippen LogP contribution in [0.5, 0.6) is 0 Å². The van der Waals surface area contributed by atoms with Crippen molar-refractivity contribution in [3.63, 3.8) is 0 Å². The van der Waals surface area contributed by atoms with Gasteiger partial charge in [-0.05, 0) is 26.8 Å². The van der Waals surface area contributed by atoms with Gasteiger partial charge < -0.3 is 9.52 Å². The van der Waals surface area contributed by atoms with E-state index in [4.69, 9.17) is 4.42 Å². The molecule has 0 aliphatic carbocycles. The molecule has 1 aromatic heterocycles. The van der Waals surface area contributed by atoms with Gasteiger partial charge in [-0.25, -0.2) is 0 Å². The van der Waals surface area contributed by atoms with Crippen LogP contribution in [0.4, 0.5) is 0 Å². The first kappa shape index (κ1) is 9.07. The molecule has 0 spiro atoms. The highest BCUT2D eigenvalue weighted by Gasteiger charge is 2.08. The molecule has 0 aliphatic heterocycles. The fourth-order valence-corrected chi connectivity index (χ4v) is 1.11. The van der Waals surface area contributed by atoms with Gasteiger partial charge in [0.2, 0.25) is 0 Å². The van der Waals surface area contributed by atoms with Crippen molar-refractivity contribution in [2.45, 2.75) is 26.9 Å². The number of rotatable bonds is 2. The van der Waals surface area contributed by atoms with Crippen molar-refractivity contribution in [2.75, 3.05) is 0 Å². The van der Waals surface area contributed by atoms with E-state index in [0.29, 0.717) is 0 Å². The smallest absolute Gasteiger partial charge is 0.106 e. The molecule has 1 N–H and O–H groups in total. The summed E-state index contributed by atoms with van der Waals surface area (Å²) in [6.07, 6.45) is 2.86. The molecule has 12 heavy (non-hydrogen) atoms. The Morgan fingerprint density at radius 2 is 2.25 bits per heavy atom. The van der Waals surface area contributed by atoms with Crippen molar-refractivity contribution in [3.8, 4) is 0 Å². The van der Waals surface area contributed by atoms with E-state index in [0.717, 1.165) is 16.9 Å². The van der Waals surface area contributed by atoms with Crippen molar-refractivity contribution in [3.05, 3.63) is 35.3 Å². The molecular formula is C10H14O2. The van der Waals surface area contributed by atoms with E-state index in [1.807, 2.05) is 20.8 Å². The Balaban J connectivity index is 2.85. The topological polar surface area (TPSA) is 33.4 Å². The second-order valence-corrected chi connectivity index (χ2v) is 3.12. The maximum Gasteiger partial charge on any atom is 0.106 e. The predicted octanol–water partition coefficient (Wildman–Crippen LogP) is 2.59. The lowest BCUT2D eigenvalue weighted by molar-refractivity contribution is 0.225. The molecule has 0 saturated heterocycles. The zero-order valence-electron chi connectivity index (χ0n) is 7.66. The summed E-state index contributed by atoms with van der Waals surface area (Å²) in [5.74, 6) is 0.778. The predicted molar refractivity (Wildman–Crippen MR) is 47.8 cm³/mol. The summed E-state index contributed by atoms with van der Waals surface area (Å²) in [7, 11) is 0. The lowest BCUT2D eigenvalue weighted by Gasteiger charge is -2.03. The third-order valence-corrected chi connectivity index (χ3v) is 1.71. The van der Waals surface area contributed by atoms with E-state index >= 15 is 0 Å². The zero-order valence-corrected chi connectivity index (χ0v) is 7.66. The number of hydrogen-bond donors (Lipinski definition) is 1. The molecule has 66 valence electrons. The number of aliphatic hydroxyl groups is 1. The van der Waals surface area contributed by atoms with Gasteiger partial charge in [-0.15, -0.1) is 0 Å². The van der Waals surface area contributed by atoms with Crippen molar-refractivity contribution in [1.29, 1.82) is 0 Å². The highest BCUT2D eigenvalue weighted by Crippen LogP contribution is 2.20. The van der Waals surface area contributed by atoms with Crippen molar-refractivity contribution in [2.24, 2.45) is 0 Å². The highest BCUT2D eigenvalue weighted by molar-refractivity contribution is 5.23. The second-order valence-electron chi connectivity index (χ2n) is 3.12. The summed E-state index contributed by atoms with van der Waals surface area (Å²) in [6.45, 7) is 5.76. The normalized spacial score (nSPS) is 12.7. The summed E-state index contributed by atoms with van der Waals surface area (Å²) in [6, 6.07) is 1.79. The van der Waals surface area contributed by atoms with Gasteiger partial charge in [0, 0.05) is 5.56 Å². The van der Waals surface area contributed by atoms with E-state index < -0.39 is 6.10 Å². The van der Waals surface area contributed by atoms with Crippen molar-refractivity contribution < 1.29 is 9.52 Å². The summed E-state index contributed by atoms with van der Waals surface area (Å²) in [5, 5.41) is 9.62. The Hall–Kier alpha value is -1.02. The molecular weight excluding hydrogens is 152 g/mol. The van der Waals surface area contributed by atoms with E-state index in [2.05, 4.69) is 0 Å². The summed E-state index contributed by atoms with van der Waals surface area (Å²) in [4.78, 5) is 0. The minimum absolute atomic E-state index is 0.534. The van der Waals surface area contributed by atoms with Crippen molar-refractivity contribution in [1.82, 2.24) is 0 Å². The molecule has 0 radical (unpaired) electrons. The molecule has 1 rings (SSSR count). The number of allylic oxidation sites excluding steroid dienone is 1. The second kappa shape index (κ2) is 3.59. The Morgan fingerprint density at radius 3 is 2.67 bits per heavy atom. The molecule has 1 unspecified atom stereocenters. The zero-order chi connectivity index (χ0) is 9.14. The lowest BCUT2D eigenvalue weighted by atomic mass is 10.1. The third kappa shape index (κ3) is 1.98. The van der Waals surface area contributed by atoms with Gasteiger partial charge >= 0.3 is 0 Å². The minimum Gasteiger partial charge on any atom is -0.469 e. The van der Waals surface area contributed by atoms with Crippen molar-refractivity contribution >= 4 is 0 Å². The fraction of sp³-hybridized carbons (Fsp3) is 0.400. The molecule has 0 aromatic carbocycles. The van der Waals surface area contributed by atoms with Crippen LogP contribution < -0.4 is 0 Å². The number of aliphatic hydroxyl groups excluding tert-OH is 1. The molecule has 0 amide bonds. The maximum absolute atomic E-state index is 9.62. The third-order valence-electron chi connectivity index (χ3n) is 1.71. The van der Waals surface area contributed by atoms with Gasteiger partial charge in [0.25, 0.3) is 0 Å². The monoisotopic (exact) mass is 166 g/mol. The van der Waals surface area contributed by atoms with Gasteiger partial charge in [-0.1, -0.05) is 11.6 Å². The van der Waals surface area contributed by atoms with Crippen LogP contribution in [0.25, 0.3) is 0 Å². The molecule has 1 atom stereocenters. The summed E-state index contributed by atoms with van der Waals surface area (Å²) < 4.78 is 5.08. The van der Waals surface area contributed by atoms with Gasteiger partial charge in [0.1, 0.15) is 11.9 Å². The Morgan fingerprint density at radius 1 is 1.58 bits per heavy atom. The van der Waals surface area contributed by atoms with Crippen LogP contribution in [-0.4, -0.2) is 5.11 Å². The van der Waals surface area contributed by atoms with Gasteiger partial charge in [0.05, 0.1) is 6.26 Å². The Labute approximate surface area is 72.5 Å². The van der Waals surface area contributed by atoms with E-state index in [1.54, 1.807) is 18.4 Å². The maximum atomic E-state index is 9.62.